The number of amidine groups is 2. The van der Waals surface area contributed by atoms with E-state index in [1.807, 2.05) is 0 Å². The molecule has 8 N–H and O–H groups in total. The summed E-state index contributed by atoms with van der Waals surface area (Å²) < 4.78 is 15.7. The van der Waals surface area contributed by atoms with Crippen molar-refractivity contribution in [2.45, 2.75) is 26.3 Å². The average molecular weight is 553 g/mol. The highest BCUT2D eigenvalue weighted by molar-refractivity contribution is 5.99. The molecule has 0 bridgehead atoms. The number of methoxy groups -OCH3 is 1. The van der Waals surface area contributed by atoms with Crippen LogP contribution in [-0.2, 0) is 23.9 Å². The molecule has 0 spiro atoms. The molecule has 13 nitrogen and oxygen atoms in total. The number of rotatable bonds is 13. The summed E-state index contributed by atoms with van der Waals surface area (Å²) >= 11 is 0. The highest BCUT2D eigenvalue weighted by Gasteiger charge is 2.21. The number of nitrogen functional groups attached to an aromatic ring is 2. The maximum atomic E-state index is 12.9. The van der Waals surface area contributed by atoms with E-state index in [9.17, 15) is 19.2 Å². The maximum absolute atomic E-state index is 12.9. The molecule has 0 radical (unpaired) electrons. The topological polar surface area (TPSA) is 220 Å². The molecule has 0 saturated heterocycles. The van der Waals surface area contributed by atoms with Crippen molar-refractivity contribution in [3.8, 4) is 5.75 Å². The molecule has 0 fully saturated rings. The molecule has 2 amide bonds. The van der Waals surface area contributed by atoms with E-state index < -0.39 is 29.8 Å². The fraction of sp³-hybridized carbons (Fsp3) is 0.259. The highest BCUT2D eigenvalue weighted by atomic mass is 16.5. The lowest BCUT2D eigenvalue weighted by molar-refractivity contribution is -0.143. The Morgan fingerprint density at radius 3 is 2.12 bits per heavy atom. The SMILES string of the molecule is CCOC(=O)C[C@H](COc1cc(C(=N)N)ccc1/C=C(/NC(C)=O)C(=O)OC)NC(=O)c1ccc(C(=N)N)cc1. The summed E-state index contributed by atoms with van der Waals surface area (Å²) in [5, 5.41) is 20.4. The largest absolute Gasteiger partial charge is 0.491 e. The molecule has 40 heavy (non-hydrogen) atoms. The standard InChI is InChI=1S/C27H32N6O7/c1-4-39-23(35)13-20(33-26(36)17-7-5-16(6-8-17)24(28)29)14-40-22-12-19(25(30)31)10-9-18(22)11-21(27(37)38-3)32-15(2)34/h5-12,20H,4,13-14H2,1-3H3,(H3,28,29)(H3,30,31)(H,32,34)(H,33,36)/b21-11+/t20-/m1/s1. The van der Waals surface area contributed by atoms with Crippen molar-refractivity contribution in [3.05, 3.63) is 70.4 Å². The van der Waals surface area contributed by atoms with E-state index in [1.165, 1.54) is 55.5 Å². The number of carbonyl (C=O) groups is 4. The average Bonchev–Trinajstić information content (AvgIpc) is 2.91. The smallest absolute Gasteiger partial charge is 0.354 e. The molecule has 0 unspecified atom stereocenters. The van der Waals surface area contributed by atoms with Gasteiger partial charge in [-0.25, -0.2) is 4.79 Å². The van der Waals surface area contributed by atoms with Gasteiger partial charge in [0, 0.05) is 29.2 Å². The zero-order valence-corrected chi connectivity index (χ0v) is 22.3. The second kappa shape index (κ2) is 14.7. The van der Waals surface area contributed by atoms with Crippen LogP contribution in [0.5, 0.6) is 5.75 Å². The number of hydrogen-bond donors (Lipinski definition) is 6. The van der Waals surface area contributed by atoms with Crippen molar-refractivity contribution in [1.29, 1.82) is 10.8 Å². The molecule has 2 aromatic rings. The van der Waals surface area contributed by atoms with Crippen LogP contribution in [0.1, 0.15) is 47.3 Å². The molecule has 0 aliphatic rings. The van der Waals surface area contributed by atoms with Crippen molar-refractivity contribution < 1.29 is 33.4 Å². The number of nitrogens with two attached hydrogens (primary N) is 2. The van der Waals surface area contributed by atoms with Crippen LogP contribution in [0, 0.1) is 10.8 Å². The first-order valence-corrected chi connectivity index (χ1v) is 12.0. The van der Waals surface area contributed by atoms with Crippen molar-refractivity contribution in [2.24, 2.45) is 11.5 Å². The van der Waals surface area contributed by atoms with E-state index in [-0.39, 0.29) is 48.3 Å². The molecule has 0 aliphatic heterocycles. The Hall–Kier alpha value is -5.20. The Balaban J connectivity index is 2.38. The van der Waals surface area contributed by atoms with E-state index in [0.717, 1.165) is 7.11 Å². The quantitative estimate of drug-likeness (QED) is 0.0903. The summed E-state index contributed by atoms with van der Waals surface area (Å²) in [6.45, 7) is 2.80. The Labute approximate surface area is 230 Å². The zero-order chi connectivity index (χ0) is 29.8. The van der Waals surface area contributed by atoms with Gasteiger partial charge in [-0.15, -0.1) is 0 Å². The first-order chi connectivity index (χ1) is 18.9. The molecular weight excluding hydrogens is 520 g/mol. The van der Waals surface area contributed by atoms with E-state index in [4.69, 9.17) is 36.5 Å². The summed E-state index contributed by atoms with van der Waals surface area (Å²) in [6, 6.07) is 9.65. The van der Waals surface area contributed by atoms with Gasteiger partial charge >= 0.3 is 11.9 Å². The first kappa shape index (κ1) is 31.0. The van der Waals surface area contributed by atoms with Crippen LogP contribution in [0.2, 0.25) is 0 Å². The molecule has 13 heteroatoms. The van der Waals surface area contributed by atoms with Gasteiger partial charge in [0.2, 0.25) is 5.91 Å². The summed E-state index contributed by atoms with van der Waals surface area (Å²) in [7, 11) is 1.16. The number of hydrogen-bond acceptors (Lipinski definition) is 9. The van der Waals surface area contributed by atoms with Crippen LogP contribution >= 0.6 is 0 Å². The van der Waals surface area contributed by atoms with Crippen LogP contribution in [0.25, 0.3) is 6.08 Å². The van der Waals surface area contributed by atoms with Crippen molar-refractivity contribution >= 4 is 41.5 Å². The number of ether oxygens (including phenoxy) is 3. The fourth-order valence-corrected chi connectivity index (χ4v) is 3.38. The summed E-state index contributed by atoms with van der Waals surface area (Å²) in [4.78, 5) is 48.9. The maximum Gasteiger partial charge on any atom is 0.354 e. The minimum Gasteiger partial charge on any atom is -0.491 e. The van der Waals surface area contributed by atoms with Crippen molar-refractivity contribution in [1.82, 2.24) is 10.6 Å². The predicted octanol–water partition coefficient (Wildman–Crippen LogP) is 1.04. The van der Waals surface area contributed by atoms with Crippen LogP contribution in [0.15, 0.2) is 48.2 Å². The Morgan fingerprint density at radius 1 is 0.975 bits per heavy atom. The third-order valence-corrected chi connectivity index (χ3v) is 5.29. The van der Waals surface area contributed by atoms with E-state index in [2.05, 4.69) is 10.6 Å². The van der Waals surface area contributed by atoms with Crippen LogP contribution in [0.3, 0.4) is 0 Å². The molecule has 0 aromatic heterocycles. The van der Waals surface area contributed by atoms with Gasteiger partial charge in [-0.05, 0) is 31.2 Å². The molecule has 0 aliphatic carbocycles. The highest BCUT2D eigenvalue weighted by Crippen LogP contribution is 2.24. The molecule has 1 atom stereocenters. The number of amides is 2. The lowest BCUT2D eigenvalue weighted by Gasteiger charge is -2.20. The minimum absolute atomic E-state index is 0.141. The molecule has 0 heterocycles. The van der Waals surface area contributed by atoms with Gasteiger partial charge in [0.05, 0.1) is 26.2 Å². The second-order valence-corrected chi connectivity index (χ2v) is 8.38. The Morgan fingerprint density at radius 2 is 1.57 bits per heavy atom. The number of nitrogens with one attached hydrogen (secondary N) is 4. The second-order valence-electron chi connectivity index (χ2n) is 8.38. The Kier molecular flexibility index (Phi) is 11.4. The number of carbonyl (C=O) groups excluding carboxylic acids is 4. The zero-order valence-electron chi connectivity index (χ0n) is 22.3. The normalized spacial score (nSPS) is 11.5. The van der Waals surface area contributed by atoms with Crippen molar-refractivity contribution in [3.63, 3.8) is 0 Å². The first-order valence-electron chi connectivity index (χ1n) is 12.0. The monoisotopic (exact) mass is 552 g/mol. The van der Waals surface area contributed by atoms with Gasteiger partial charge in [-0.2, -0.15) is 0 Å². The molecule has 2 rings (SSSR count). The molecule has 2 aromatic carbocycles. The van der Waals surface area contributed by atoms with E-state index >= 15 is 0 Å². The number of esters is 2. The third-order valence-electron chi connectivity index (χ3n) is 5.29. The van der Waals surface area contributed by atoms with Gasteiger partial charge in [-0.3, -0.25) is 25.2 Å². The summed E-state index contributed by atoms with van der Waals surface area (Å²) in [6.07, 6.45) is 1.10. The van der Waals surface area contributed by atoms with Crippen LogP contribution < -0.4 is 26.8 Å². The van der Waals surface area contributed by atoms with Crippen LogP contribution in [0.4, 0.5) is 0 Å². The van der Waals surface area contributed by atoms with Gasteiger partial charge < -0.3 is 36.3 Å². The predicted molar refractivity (Wildman–Crippen MR) is 147 cm³/mol. The fourth-order valence-electron chi connectivity index (χ4n) is 3.38. The van der Waals surface area contributed by atoms with E-state index in [1.54, 1.807) is 6.92 Å². The minimum atomic E-state index is -0.854. The molecule has 212 valence electrons. The Bertz CT molecular complexity index is 1320. The lowest BCUT2D eigenvalue weighted by atomic mass is 10.1. The summed E-state index contributed by atoms with van der Waals surface area (Å²) in [5.74, 6) is -2.64. The van der Waals surface area contributed by atoms with Crippen molar-refractivity contribution in [2.75, 3.05) is 20.3 Å². The summed E-state index contributed by atoms with van der Waals surface area (Å²) in [5.41, 5.74) is 12.3. The van der Waals surface area contributed by atoms with Gasteiger partial charge in [0.25, 0.3) is 5.91 Å². The number of benzene rings is 2. The van der Waals surface area contributed by atoms with Gasteiger partial charge in [0.15, 0.2) is 0 Å². The lowest BCUT2D eigenvalue weighted by Crippen LogP contribution is -2.41. The van der Waals surface area contributed by atoms with Gasteiger partial charge in [0.1, 0.15) is 29.7 Å². The third kappa shape index (κ3) is 9.28. The molecule has 0 saturated carbocycles. The van der Waals surface area contributed by atoms with Crippen LogP contribution in [-0.4, -0.2) is 61.8 Å². The van der Waals surface area contributed by atoms with E-state index in [0.29, 0.717) is 16.7 Å². The van der Waals surface area contributed by atoms with Gasteiger partial charge in [-0.1, -0.05) is 24.3 Å². The molecular formula is C27H32N6O7.